The van der Waals surface area contributed by atoms with Crippen LogP contribution >= 0.6 is 23.1 Å². The first-order chi connectivity index (χ1) is 6.79. The molecule has 2 rings (SSSR count). The minimum absolute atomic E-state index is 0.657. The Morgan fingerprint density at radius 2 is 2.36 bits per heavy atom. The average molecular weight is 229 g/mol. The van der Waals surface area contributed by atoms with E-state index in [4.69, 9.17) is 0 Å². The van der Waals surface area contributed by atoms with Crippen molar-refractivity contribution in [3.8, 4) is 0 Å². The number of thioether (sulfide) groups is 1. The van der Waals surface area contributed by atoms with Gasteiger partial charge in [-0.05, 0) is 32.7 Å². The predicted octanol–water partition coefficient (Wildman–Crippen LogP) is 1.94. The molecular weight excluding hydrogens is 214 g/mol. The Labute approximate surface area is 92.7 Å². The molecule has 0 amide bonds. The van der Waals surface area contributed by atoms with Crippen LogP contribution in [0.5, 0.6) is 0 Å². The summed E-state index contributed by atoms with van der Waals surface area (Å²) in [6, 6.07) is 0.657. The maximum absolute atomic E-state index is 4.11. The largest absolute Gasteiger partial charge is 0.316 e. The number of nitrogens with one attached hydrogen (secondary N) is 1. The highest BCUT2D eigenvalue weighted by molar-refractivity contribution is 8.01. The standard InChI is InChI=1S/C9H15N3S2/c1-6-11-12-9(14-6)13-5-8(10-2)7-3-4-7/h7-8,10H,3-5H2,1-2H3. The van der Waals surface area contributed by atoms with E-state index >= 15 is 0 Å². The summed E-state index contributed by atoms with van der Waals surface area (Å²) in [6.45, 7) is 2.00. The maximum Gasteiger partial charge on any atom is 0.174 e. The van der Waals surface area contributed by atoms with Crippen molar-refractivity contribution in [2.24, 2.45) is 5.92 Å². The zero-order valence-electron chi connectivity index (χ0n) is 8.49. The van der Waals surface area contributed by atoms with E-state index in [1.165, 1.54) is 12.8 Å². The van der Waals surface area contributed by atoms with Crippen LogP contribution in [0.2, 0.25) is 0 Å². The fourth-order valence-electron chi connectivity index (χ4n) is 1.45. The molecule has 0 aliphatic heterocycles. The van der Waals surface area contributed by atoms with Crippen LogP contribution in [-0.2, 0) is 0 Å². The molecule has 3 nitrogen and oxygen atoms in total. The lowest BCUT2D eigenvalue weighted by molar-refractivity contribution is 0.553. The smallest absolute Gasteiger partial charge is 0.174 e. The third-order valence-electron chi connectivity index (χ3n) is 2.46. The molecule has 1 aliphatic rings. The van der Waals surface area contributed by atoms with E-state index in [2.05, 4.69) is 22.6 Å². The van der Waals surface area contributed by atoms with Crippen molar-refractivity contribution >= 4 is 23.1 Å². The van der Waals surface area contributed by atoms with E-state index in [0.29, 0.717) is 6.04 Å². The summed E-state index contributed by atoms with van der Waals surface area (Å²) in [5.41, 5.74) is 0. The summed E-state index contributed by atoms with van der Waals surface area (Å²) >= 11 is 3.51. The molecule has 1 aromatic rings. The van der Waals surface area contributed by atoms with E-state index in [1.54, 1.807) is 11.3 Å². The van der Waals surface area contributed by atoms with E-state index in [0.717, 1.165) is 21.0 Å². The van der Waals surface area contributed by atoms with Gasteiger partial charge in [-0.1, -0.05) is 23.1 Å². The van der Waals surface area contributed by atoms with Crippen molar-refractivity contribution in [2.75, 3.05) is 12.8 Å². The van der Waals surface area contributed by atoms with Crippen LogP contribution < -0.4 is 5.32 Å². The number of rotatable bonds is 5. The summed E-state index contributed by atoms with van der Waals surface area (Å²) < 4.78 is 1.10. The first-order valence-corrected chi connectivity index (χ1v) is 6.70. The number of nitrogens with zero attached hydrogens (tertiary/aromatic N) is 2. The lowest BCUT2D eigenvalue weighted by Crippen LogP contribution is -2.29. The highest BCUT2D eigenvalue weighted by Crippen LogP contribution is 2.35. The molecule has 1 heterocycles. The number of hydrogen-bond acceptors (Lipinski definition) is 5. The normalized spacial score (nSPS) is 18.4. The van der Waals surface area contributed by atoms with Crippen LogP contribution in [0.1, 0.15) is 17.8 Å². The topological polar surface area (TPSA) is 37.8 Å². The van der Waals surface area contributed by atoms with Crippen LogP contribution in [0, 0.1) is 12.8 Å². The van der Waals surface area contributed by atoms with Gasteiger partial charge in [-0.25, -0.2) is 0 Å². The van der Waals surface area contributed by atoms with Crippen molar-refractivity contribution in [2.45, 2.75) is 30.1 Å². The zero-order valence-corrected chi connectivity index (χ0v) is 10.1. The minimum Gasteiger partial charge on any atom is -0.316 e. The molecule has 0 bridgehead atoms. The molecule has 0 saturated heterocycles. The Bertz CT molecular complexity index is 296. The number of hydrogen-bond donors (Lipinski definition) is 1. The Morgan fingerprint density at radius 3 is 2.86 bits per heavy atom. The molecule has 14 heavy (non-hydrogen) atoms. The number of aryl methyl sites for hydroxylation is 1. The van der Waals surface area contributed by atoms with E-state index < -0.39 is 0 Å². The second-order valence-corrected chi connectivity index (χ2v) is 6.08. The molecule has 1 aromatic heterocycles. The fraction of sp³-hybridized carbons (Fsp3) is 0.778. The molecule has 1 aliphatic carbocycles. The van der Waals surface area contributed by atoms with Gasteiger partial charge in [0, 0.05) is 11.8 Å². The van der Waals surface area contributed by atoms with E-state index in [1.807, 2.05) is 18.7 Å². The molecular formula is C9H15N3S2. The minimum atomic E-state index is 0.657. The van der Waals surface area contributed by atoms with Gasteiger partial charge in [0.05, 0.1) is 0 Å². The fourth-order valence-corrected chi connectivity index (χ4v) is 3.53. The Balaban J connectivity index is 1.80. The van der Waals surface area contributed by atoms with Crippen molar-refractivity contribution in [1.29, 1.82) is 0 Å². The lowest BCUT2D eigenvalue weighted by atomic mass is 10.2. The Morgan fingerprint density at radius 1 is 1.57 bits per heavy atom. The molecule has 1 unspecified atom stereocenters. The van der Waals surface area contributed by atoms with Gasteiger partial charge < -0.3 is 5.32 Å². The molecule has 78 valence electrons. The lowest BCUT2D eigenvalue weighted by Gasteiger charge is -2.12. The summed E-state index contributed by atoms with van der Waals surface area (Å²) in [4.78, 5) is 0. The van der Waals surface area contributed by atoms with Gasteiger partial charge in [0.15, 0.2) is 4.34 Å². The monoisotopic (exact) mass is 229 g/mol. The highest BCUT2D eigenvalue weighted by Gasteiger charge is 2.30. The first-order valence-electron chi connectivity index (χ1n) is 4.90. The Kier molecular flexibility index (Phi) is 3.41. The third kappa shape index (κ3) is 2.68. The molecule has 1 N–H and O–H groups in total. The second-order valence-electron chi connectivity index (χ2n) is 3.63. The van der Waals surface area contributed by atoms with E-state index in [9.17, 15) is 0 Å². The van der Waals surface area contributed by atoms with Crippen molar-refractivity contribution < 1.29 is 0 Å². The van der Waals surface area contributed by atoms with Gasteiger partial charge in [-0.15, -0.1) is 10.2 Å². The van der Waals surface area contributed by atoms with Crippen LogP contribution in [0.3, 0.4) is 0 Å². The summed E-state index contributed by atoms with van der Waals surface area (Å²) in [5.74, 6) is 2.03. The number of aromatic nitrogens is 2. The third-order valence-corrected chi connectivity index (χ3v) is 4.55. The summed E-state index contributed by atoms with van der Waals surface area (Å²) in [5, 5.41) is 12.5. The predicted molar refractivity (Wildman–Crippen MR) is 60.9 cm³/mol. The molecule has 0 spiro atoms. The molecule has 5 heteroatoms. The van der Waals surface area contributed by atoms with Gasteiger partial charge >= 0.3 is 0 Å². The van der Waals surface area contributed by atoms with Gasteiger partial charge in [-0.2, -0.15) is 0 Å². The summed E-state index contributed by atoms with van der Waals surface area (Å²) in [6.07, 6.45) is 2.78. The average Bonchev–Trinajstić information content (AvgIpc) is 2.92. The van der Waals surface area contributed by atoms with Crippen LogP contribution in [-0.4, -0.2) is 29.0 Å². The molecule has 1 saturated carbocycles. The SMILES string of the molecule is CNC(CSc1nnc(C)s1)C1CC1. The quantitative estimate of drug-likeness (QED) is 0.783. The molecule has 0 aromatic carbocycles. The first kappa shape index (κ1) is 10.4. The summed E-state index contributed by atoms with van der Waals surface area (Å²) in [7, 11) is 2.05. The van der Waals surface area contributed by atoms with Crippen LogP contribution in [0.15, 0.2) is 4.34 Å². The van der Waals surface area contributed by atoms with E-state index in [-0.39, 0.29) is 0 Å². The van der Waals surface area contributed by atoms with Crippen molar-refractivity contribution in [3.63, 3.8) is 0 Å². The van der Waals surface area contributed by atoms with Crippen LogP contribution in [0.4, 0.5) is 0 Å². The second kappa shape index (κ2) is 4.59. The van der Waals surface area contributed by atoms with Gasteiger partial charge in [0.1, 0.15) is 5.01 Å². The molecule has 0 radical (unpaired) electrons. The van der Waals surface area contributed by atoms with Crippen molar-refractivity contribution in [1.82, 2.24) is 15.5 Å². The molecule has 1 atom stereocenters. The van der Waals surface area contributed by atoms with Gasteiger partial charge in [0.2, 0.25) is 0 Å². The maximum atomic E-state index is 4.11. The van der Waals surface area contributed by atoms with Crippen LogP contribution in [0.25, 0.3) is 0 Å². The van der Waals surface area contributed by atoms with Crippen molar-refractivity contribution in [3.05, 3.63) is 5.01 Å². The van der Waals surface area contributed by atoms with Gasteiger partial charge in [-0.3, -0.25) is 0 Å². The van der Waals surface area contributed by atoms with Gasteiger partial charge in [0.25, 0.3) is 0 Å². The Hall–Kier alpha value is -0.130. The molecule has 1 fully saturated rings. The highest BCUT2D eigenvalue weighted by atomic mass is 32.2. The zero-order chi connectivity index (χ0) is 9.97.